The van der Waals surface area contributed by atoms with Crippen molar-refractivity contribution in [1.29, 1.82) is 0 Å². The summed E-state index contributed by atoms with van der Waals surface area (Å²) in [6.45, 7) is 3.23. The van der Waals surface area contributed by atoms with Gasteiger partial charge in [-0.3, -0.25) is 4.79 Å². The van der Waals surface area contributed by atoms with Crippen molar-refractivity contribution in [3.05, 3.63) is 12.7 Å². The molecular weight excluding hydrogens is 122 g/mol. The minimum absolute atomic E-state index is 0.0150. The molecule has 4 nitrogen and oxygen atoms in total. The van der Waals surface area contributed by atoms with Gasteiger partial charge in [-0.1, -0.05) is 6.08 Å². The predicted octanol–water partition coefficient (Wildman–Crippen LogP) is 0.220. The van der Waals surface area contributed by atoms with Gasteiger partial charge in [0.2, 0.25) is 0 Å². The van der Waals surface area contributed by atoms with Crippen molar-refractivity contribution in [3.63, 3.8) is 0 Å². The molecule has 1 N–H and O–H groups in total. The van der Waals surface area contributed by atoms with Crippen LogP contribution in [0, 0.1) is 0 Å². The first-order chi connectivity index (χ1) is 4.22. The molecule has 0 unspecified atom stereocenters. The van der Waals surface area contributed by atoms with Crippen LogP contribution in [0.4, 0.5) is 4.79 Å². The third-order valence-corrected chi connectivity index (χ3v) is 0.653. The lowest BCUT2D eigenvalue weighted by molar-refractivity contribution is 0.171. The lowest BCUT2D eigenvalue weighted by atomic mass is 10.6. The van der Waals surface area contributed by atoms with Gasteiger partial charge in [0.15, 0.2) is 0 Å². The third kappa shape index (κ3) is 2.48. The van der Waals surface area contributed by atoms with Crippen LogP contribution in [-0.2, 0) is 4.79 Å². The first kappa shape index (κ1) is 7.68. The monoisotopic (exact) mass is 128 g/mol. The van der Waals surface area contributed by atoms with Crippen molar-refractivity contribution in [2.45, 2.75) is 0 Å². The molecule has 0 aromatic rings. The second-order valence-electron chi connectivity index (χ2n) is 1.27. The molecule has 0 aromatic carbocycles. The maximum atomic E-state index is 9.94. The van der Waals surface area contributed by atoms with Crippen molar-refractivity contribution in [2.75, 3.05) is 6.54 Å². The number of nitrogens with zero attached hydrogens (tertiary/aromatic N) is 1. The van der Waals surface area contributed by atoms with Crippen LogP contribution in [-0.4, -0.2) is 29.1 Å². The molecule has 0 aromatic heterocycles. The Hall–Kier alpha value is -1.32. The highest BCUT2D eigenvalue weighted by molar-refractivity contribution is 5.79. The van der Waals surface area contributed by atoms with E-state index in [2.05, 4.69) is 6.58 Å². The van der Waals surface area contributed by atoms with Crippen molar-refractivity contribution >= 4 is 12.5 Å². The van der Waals surface area contributed by atoms with E-state index >= 15 is 0 Å². The van der Waals surface area contributed by atoms with Gasteiger partial charge in [0.05, 0.1) is 6.54 Å². The smallest absolute Gasteiger partial charge is 0.414 e. The number of carbonyl (C=O) groups is 1. The number of rotatable bonds is 3. The van der Waals surface area contributed by atoms with Gasteiger partial charge in [-0.15, -0.1) is 6.58 Å². The number of carbonyl (C=O) groups excluding carboxylic acids is 1. The lowest BCUT2D eigenvalue weighted by Crippen LogP contribution is -2.27. The van der Waals surface area contributed by atoms with Gasteiger partial charge in [0.25, 0.3) is 0 Å². The van der Waals surface area contributed by atoms with Crippen LogP contribution in [0.3, 0.4) is 0 Å². The first-order valence-corrected chi connectivity index (χ1v) is 2.21. The fourth-order valence-electron chi connectivity index (χ4n) is 0.284. The van der Waals surface area contributed by atoms with Crippen molar-refractivity contribution in [2.24, 2.45) is 0 Å². The van der Waals surface area contributed by atoms with E-state index in [0.29, 0.717) is 4.90 Å². The topological polar surface area (TPSA) is 57.6 Å². The highest BCUT2D eigenvalue weighted by Crippen LogP contribution is 1.82. The summed E-state index contributed by atoms with van der Waals surface area (Å²) in [6, 6.07) is 0. The number of amides is 2. The summed E-state index contributed by atoms with van der Waals surface area (Å²) in [5.74, 6) is 0. The van der Waals surface area contributed by atoms with E-state index in [1.54, 1.807) is 0 Å². The summed E-state index contributed by atoms with van der Waals surface area (Å²) in [5.41, 5.74) is 0. The molecule has 49 valence electrons. The van der Waals surface area contributed by atoms with Crippen LogP contribution < -0.4 is 0 Å². The minimum Gasteiger partial charge on any atom is -0.465 e. The minimum atomic E-state index is -1.31. The molecule has 0 aliphatic heterocycles. The molecule has 0 saturated heterocycles. The summed E-state index contributed by atoms with van der Waals surface area (Å²) in [7, 11) is 0. The third-order valence-electron chi connectivity index (χ3n) is 0.653. The maximum Gasteiger partial charge on any atom is 0.414 e. The zero-order valence-corrected chi connectivity index (χ0v) is 4.70. The van der Waals surface area contributed by atoms with Crippen LogP contribution in [0.25, 0.3) is 0 Å². The number of imide groups is 1. The Kier molecular flexibility index (Phi) is 3.12. The first-order valence-electron chi connectivity index (χ1n) is 2.21. The Bertz CT molecular complexity index is 132. The molecule has 0 bridgehead atoms. The number of hydrogen-bond acceptors (Lipinski definition) is 2. The fourth-order valence-corrected chi connectivity index (χ4v) is 0.284. The van der Waals surface area contributed by atoms with Gasteiger partial charge in [0.1, 0.15) is 0 Å². The van der Waals surface area contributed by atoms with Crippen molar-refractivity contribution < 1.29 is 14.7 Å². The molecule has 0 atom stereocenters. The molecule has 1 radical (unpaired) electrons. The van der Waals surface area contributed by atoms with Crippen LogP contribution in [0.5, 0.6) is 0 Å². The Morgan fingerprint density at radius 1 is 1.89 bits per heavy atom. The summed E-state index contributed by atoms with van der Waals surface area (Å²) in [6.07, 6.45) is 1.20. The average molecular weight is 128 g/mol. The van der Waals surface area contributed by atoms with Crippen molar-refractivity contribution in [3.8, 4) is 0 Å². The molecule has 0 saturated carbocycles. The molecule has 0 aliphatic rings. The van der Waals surface area contributed by atoms with E-state index in [1.165, 1.54) is 12.5 Å². The molecule has 9 heavy (non-hydrogen) atoms. The predicted molar refractivity (Wildman–Crippen MR) is 30.6 cm³/mol. The molecule has 0 fully saturated rings. The Labute approximate surface area is 52.4 Å². The standard InChI is InChI=1S/C5H6NO3/c1-2-3-6(4-7)5(8)9/h2H,1,3H2,(H,8,9). The molecule has 2 amide bonds. The molecular formula is C5H6NO3. The molecule has 0 heterocycles. The largest absolute Gasteiger partial charge is 0.465 e. The second kappa shape index (κ2) is 3.65. The van der Waals surface area contributed by atoms with Crippen LogP contribution >= 0.6 is 0 Å². The van der Waals surface area contributed by atoms with Gasteiger partial charge >= 0.3 is 12.5 Å². The number of carboxylic acid groups (broad SMARTS) is 1. The van der Waals surface area contributed by atoms with E-state index in [1.807, 2.05) is 0 Å². The summed E-state index contributed by atoms with van der Waals surface area (Å²) in [5, 5.41) is 8.12. The molecule has 0 rings (SSSR count). The Balaban J connectivity index is 3.81. The summed E-state index contributed by atoms with van der Waals surface area (Å²) < 4.78 is 0. The van der Waals surface area contributed by atoms with E-state index < -0.39 is 6.09 Å². The van der Waals surface area contributed by atoms with Gasteiger partial charge in [-0.05, 0) is 0 Å². The van der Waals surface area contributed by atoms with E-state index in [-0.39, 0.29) is 6.54 Å². The zero-order chi connectivity index (χ0) is 7.28. The van der Waals surface area contributed by atoms with Gasteiger partial charge < -0.3 is 5.11 Å². The zero-order valence-electron chi connectivity index (χ0n) is 4.70. The second-order valence-corrected chi connectivity index (χ2v) is 1.27. The highest BCUT2D eigenvalue weighted by atomic mass is 16.4. The Morgan fingerprint density at radius 2 is 2.44 bits per heavy atom. The van der Waals surface area contributed by atoms with E-state index in [4.69, 9.17) is 5.11 Å². The van der Waals surface area contributed by atoms with E-state index in [0.717, 1.165) is 0 Å². The average Bonchev–Trinajstić information content (AvgIpc) is 1.82. The maximum absolute atomic E-state index is 9.94. The van der Waals surface area contributed by atoms with Crippen LogP contribution in [0.15, 0.2) is 12.7 Å². The SMILES string of the molecule is C=CCN([C]=O)C(=O)O. The highest BCUT2D eigenvalue weighted by Gasteiger charge is 2.07. The lowest BCUT2D eigenvalue weighted by Gasteiger charge is -2.03. The fraction of sp³-hybridized carbons (Fsp3) is 0.200. The van der Waals surface area contributed by atoms with Gasteiger partial charge in [0, 0.05) is 0 Å². The Morgan fingerprint density at radius 3 is 2.56 bits per heavy atom. The molecule has 0 spiro atoms. The van der Waals surface area contributed by atoms with Gasteiger partial charge in [-0.25, -0.2) is 9.69 Å². The quantitative estimate of drug-likeness (QED) is 0.437. The summed E-state index contributed by atoms with van der Waals surface area (Å²) in [4.78, 5) is 20.1. The van der Waals surface area contributed by atoms with Crippen LogP contribution in [0.2, 0.25) is 0 Å². The number of hydrogen-bond donors (Lipinski definition) is 1. The van der Waals surface area contributed by atoms with Crippen molar-refractivity contribution in [1.82, 2.24) is 4.90 Å². The van der Waals surface area contributed by atoms with Crippen LogP contribution in [0.1, 0.15) is 0 Å². The summed E-state index contributed by atoms with van der Waals surface area (Å²) >= 11 is 0. The normalized spacial score (nSPS) is 8.00. The van der Waals surface area contributed by atoms with E-state index in [9.17, 15) is 9.59 Å². The molecule has 4 heteroatoms. The van der Waals surface area contributed by atoms with Gasteiger partial charge in [-0.2, -0.15) is 0 Å². The molecule has 0 aliphatic carbocycles.